The number of fused-ring (bicyclic) bond motifs is 1. The first kappa shape index (κ1) is 10.3. The Bertz CT molecular complexity index is 527. The van der Waals surface area contributed by atoms with E-state index >= 15 is 0 Å². The van der Waals surface area contributed by atoms with Gasteiger partial charge in [-0.2, -0.15) is 0 Å². The van der Waals surface area contributed by atoms with Crippen molar-refractivity contribution in [2.75, 3.05) is 0 Å². The molecule has 0 fully saturated rings. The summed E-state index contributed by atoms with van der Waals surface area (Å²) in [5, 5.41) is 10.1. The van der Waals surface area contributed by atoms with E-state index in [-0.39, 0.29) is 6.61 Å². The molecule has 0 unspecified atom stereocenters. The van der Waals surface area contributed by atoms with Crippen molar-refractivity contribution in [2.24, 2.45) is 0 Å². The molecule has 0 aliphatic carbocycles. The molecule has 1 aromatic carbocycles. The molecule has 1 heterocycles. The number of aryl methyl sites for hydroxylation is 1. The van der Waals surface area contributed by atoms with E-state index in [4.69, 9.17) is 16.7 Å². The highest BCUT2D eigenvalue weighted by Gasteiger charge is 2.08. The number of pyridine rings is 1. The molecule has 0 spiro atoms. The van der Waals surface area contributed by atoms with E-state index in [1.807, 2.05) is 0 Å². The molecule has 0 saturated carbocycles. The van der Waals surface area contributed by atoms with Gasteiger partial charge >= 0.3 is 0 Å². The Labute approximate surface area is 91.3 Å². The van der Waals surface area contributed by atoms with Crippen LogP contribution in [0.25, 0.3) is 10.9 Å². The fraction of sp³-hybridized carbons (Fsp3) is 0.182. The van der Waals surface area contributed by atoms with E-state index < -0.39 is 5.82 Å². The average Bonchev–Trinajstić information content (AvgIpc) is 2.18. The molecule has 0 saturated heterocycles. The Kier molecular flexibility index (Phi) is 2.59. The summed E-state index contributed by atoms with van der Waals surface area (Å²) in [6.45, 7) is 1.55. The van der Waals surface area contributed by atoms with Crippen molar-refractivity contribution in [3.05, 3.63) is 40.3 Å². The van der Waals surface area contributed by atoms with E-state index in [1.54, 1.807) is 13.0 Å². The highest BCUT2D eigenvalue weighted by Crippen LogP contribution is 2.26. The van der Waals surface area contributed by atoms with Gasteiger partial charge in [0.1, 0.15) is 5.82 Å². The number of hydrogen-bond donors (Lipinski definition) is 1. The Balaban J connectivity index is 2.89. The molecule has 0 aliphatic heterocycles. The zero-order chi connectivity index (χ0) is 11.0. The van der Waals surface area contributed by atoms with Gasteiger partial charge in [0.15, 0.2) is 0 Å². The van der Waals surface area contributed by atoms with Crippen LogP contribution in [0, 0.1) is 12.7 Å². The summed E-state index contributed by atoms with van der Waals surface area (Å²) in [6, 6.07) is 4.26. The predicted octanol–water partition coefficient (Wildman–Crippen LogP) is 2.83. The van der Waals surface area contributed by atoms with Crippen molar-refractivity contribution in [3.63, 3.8) is 0 Å². The number of benzene rings is 1. The second kappa shape index (κ2) is 3.76. The molecule has 0 atom stereocenters. The molecule has 0 amide bonds. The zero-order valence-electron chi connectivity index (χ0n) is 8.09. The molecule has 2 aromatic rings. The fourth-order valence-electron chi connectivity index (χ4n) is 1.56. The number of rotatable bonds is 1. The molecule has 15 heavy (non-hydrogen) atoms. The molecule has 78 valence electrons. The van der Waals surface area contributed by atoms with Crippen LogP contribution in [0.4, 0.5) is 4.39 Å². The maximum atomic E-state index is 13.2. The summed E-state index contributed by atoms with van der Waals surface area (Å²) in [7, 11) is 0. The Hall–Kier alpha value is -1.19. The minimum absolute atomic E-state index is 0.249. The molecule has 0 radical (unpaired) electrons. The van der Waals surface area contributed by atoms with Crippen molar-refractivity contribution in [2.45, 2.75) is 13.5 Å². The van der Waals surface area contributed by atoms with Crippen LogP contribution in [0.1, 0.15) is 11.3 Å². The maximum absolute atomic E-state index is 13.2. The van der Waals surface area contributed by atoms with Crippen LogP contribution in [-0.2, 0) is 6.61 Å². The van der Waals surface area contributed by atoms with Crippen LogP contribution in [0.15, 0.2) is 18.2 Å². The third-order valence-corrected chi connectivity index (χ3v) is 2.52. The van der Waals surface area contributed by atoms with Gasteiger partial charge in [0.05, 0.1) is 17.1 Å². The Morgan fingerprint density at radius 3 is 2.80 bits per heavy atom. The third kappa shape index (κ3) is 1.80. The van der Waals surface area contributed by atoms with Gasteiger partial charge in [-0.1, -0.05) is 11.6 Å². The van der Waals surface area contributed by atoms with E-state index in [2.05, 4.69) is 4.98 Å². The van der Waals surface area contributed by atoms with Gasteiger partial charge in [0, 0.05) is 16.6 Å². The monoisotopic (exact) mass is 225 g/mol. The lowest BCUT2D eigenvalue weighted by molar-refractivity contribution is 0.282. The lowest BCUT2D eigenvalue weighted by Gasteiger charge is -2.06. The van der Waals surface area contributed by atoms with Gasteiger partial charge in [-0.15, -0.1) is 0 Å². The molecule has 4 heteroatoms. The number of aromatic nitrogens is 1. The number of hydrogen-bond acceptors (Lipinski definition) is 2. The average molecular weight is 226 g/mol. The number of nitrogens with zero attached hydrogens (tertiary/aromatic N) is 1. The first-order chi connectivity index (χ1) is 7.11. The predicted molar refractivity (Wildman–Crippen MR) is 57.4 cm³/mol. The molecular weight excluding hydrogens is 217 g/mol. The second-order valence-electron chi connectivity index (χ2n) is 3.36. The van der Waals surface area contributed by atoms with Crippen LogP contribution in [0.5, 0.6) is 0 Å². The normalized spacial score (nSPS) is 10.9. The molecule has 1 N–H and O–H groups in total. The lowest BCUT2D eigenvalue weighted by Crippen LogP contribution is -1.93. The van der Waals surface area contributed by atoms with Gasteiger partial charge in [-0.05, 0) is 25.1 Å². The van der Waals surface area contributed by atoms with Crippen molar-refractivity contribution in [1.82, 2.24) is 4.98 Å². The number of halogens is 2. The highest BCUT2D eigenvalue weighted by atomic mass is 35.5. The molecule has 0 aliphatic rings. The summed E-state index contributed by atoms with van der Waals surface area (Å²) >= 11 is 5.97. The first-order valence-electron chi connectivity index (χ1n) is 4.48. The highest BCUT2D eigenvalue weighted by molar-refractivity contribution is 6.35. The minimum atomic E-state index is -0.417. The Morgan fingerprint density at radius 1 is 1.40 bits per heavy atom. The maximum Gasteiger partial charge on any atom is 0.124 e. The van der Waals surface area contributed by atoms with E-state index in [0.29, 0.717) is 21.5 Å². The van der Waals surface area contributed by atoms with Crippen LogP contribution in [-0.4, -0.2) is 10.1 Å². The van der Waals surface area contributed by atoms with Gasteiger partial charge in [-0.25, -0.2) is 4.39 Å². The van der Waals surface area contributed by atoms with Crippen molar-refractivity contribution in [1.29, 1.82) is 0 Å². The number of aliphatic hydroxyl groups excluding tert-OH is 1. The van der Waals surface area contributed by atoms with Gasteiger partial charge in [0.25, 0.3) is 0 Å². The summed E-state index contributed by atoms with van der Waals surface area (Å²) in [6.07, 6.45) is 0. The van der Waals surface area contributed by atoms with Crippen molar-refractivity contribution >= 4 is 22.5 Å². The Morgan fingerprint density at radius 2 is 2.13 bits per heavy atom. The lowest BCUT2D eigenvalue weighted by atomic mass is 10.1. The van der Waals surface area contributed by atoms with Crippen LogP contribution in [0.2, 0.25) is 5.02 Å². The van der Waals surface area contributed by atoms with Crippen LogP contribution in [0.3, 0.4) is 0 Å². The summed E-state index contributed by atoms with van der Waals surface area (Å²) in [4.78, 5) is 4.24. The zero-order valence-corrected chi connectivity index (χ0v) is 8.85. The van der Waals surface area contributed by atoms with Crippen molar-refractivity contribution in [3.8, 4) is 0 Å². The SMILES string of the molecule is Cc1cc(Cl)c2cc(F)cc(CO)c2n1. The molecule has 0 bridgehead atoms. The van der Waals surface area contributed by atoms with Gasteiger partial charge < -0.3 is 5.11 Å². The van der Waals surface area contributed by atoms with Gasteiger partial charge in [0.2, 0.25) is 0 Å². The molecule has 1 aromatic heterocycles. The molecule has 2 rings (SSSR count). The van der Waals surface area contributed by atoms with Crippen molar-refractivity contribution < 1.29 is 9.50 Å². The summed E-state index contributed by atoms with van der Waals surface area (Å²) < 4.78 is 13.2. The second-order valence-corrected chi connectivity index (χ2v) is 3.77. The van der Waals surface area contributed by atoms with E-state index in [9.17, 15) is 4.39 Å². The number of aliphatic hydroxyl groups is 1. The standard InChI is InChI=1S/C11H9ClFNO/c1-6-2-10(12)9-4-8(13)3-7(5-15)11(9)14-6/h2-4,15H,5H2,1H3. The fourth-order valence-corrected chi connectivity index (χ4v) is 1.86. The van der Waals surface area contributed by atoms with Crippen LogP contribution >= 0.6 is 11.6 Å². The van der Waals surface area contributed by atoms with Gasteiger partial charge in [-0.3, -0.25) is 4.98 Å². The summed E-state index contributed by atoms with van der Waals surface area (Å²) in [5.74, 6) is -0.417. The largest absolute Gasteiger partial charge is 0.392 e. The smallest absolute Gasteiger partial charge is 0.124 e. The minimum Gasteiger partial charge on any atom is -0.392 e. The molecular formula is C11H9ClFNO. The quantitative estimate of drug-likeness (QED) is 0.810. The first-order valence-corrected chi connectivity index (χ1v) is 4.85. The van der Waals surface area contributed by atoms with E-state index in [0.717, 1.165) is 5.69 Å². The topological polar surface area (TPSA) is 33.1 Å². The third-order valence-electron chi connectivity index (χ3n) is 2.21. The van der Waals surface area contributed by atoms with E-state index in [1.165, 1.54) is 12.1 Å². The van der Waals surface area contributed by atoms with Crippen LogP contribution < -0.4 is 0 Å². The summed E-state index contributed by atoms with van der Waals surface area (Å²) in [5.41, 5.74) is 1.76. The molecule has 2 nitrogen and oxygen atoms in total.